The molecular weight excluding hydrogens is 705 g/mol. The van der Waals surface area contributed by atoms with Gasteiger partial charge in [0.05, 0.1) is 22.8 Å². The van der Waals surface area contributed by atoms with Crippen molar-refractivity contribution in [3.05, 3.63) is 218 Å². The Morgan fingerprint density at radius 3 is 0.793 bits per heavy atom. The maximum Gasteiger partial charge on any atom is 0.161 e. The van der Waals surface area contributed by atoms with Gasteiger partial charge in [0.25, 0.3) is 0 Å². The molecule has 0 spiro atoms. The van der Waals surface area contributed by atoms with Crippen LogP contribution >= 0.6 is 0 Å². The van der Waals surface area contributed by atoms with Crippen molar-refractivity contribution in [3.8, 4) is 90.1 Å². The molecular formula is C54H36N4. The molecule has 0 aliphatic rings. The Hall–Kier alpha value is -7.82. The largest absolute Gasteiger partial charge is 0.228 e. The molecule has 0 atom stereocenters. The molecule has 4 nitrogen and oxygen atoms in total. The fraction of sp³-hybridized carbons (Fsp3) is 0. The van der Waals surface area contributed by atoms with E-state index in [4.69, 9.17) is 19.9 Å². The van der Waals surface area contributed by atoms with Crippen LogP contribution in [0.5, 0.6) is 0 Å². The lowest BCUT2D eigenvalue weighted by Crippen LogP contribution is -1.98. The molecule has 0 fully saturated rings. The van der Waals surface area contributed by atoms with Gasteiger partial charge in [0.15, 0.2) is 11.6 Å². The molecule has 10 aromatic rings. The second-order valence-corrected chi connectivity index (χ2v) is 14.2. The average molecular weight is 741 g/mol. The van der Waals surface area contributed by atoms with Gasteiger partial charge in [-0.15, -0.1) is 0 Å². The molecule has 0 aliphatic heterocycles. The number of rotatable bonds is 8. The van der Waals surface area contributed by atoms with Crippen LogP contribution in [0.4, 0.5) is 0 Å². The van der Waals surface area contributed by atoms with E-state index in [9.17, 15) is 0 Å². The van der Waals surface area contributed by atoms with E-state index in [1.54, 1.807) is 0 Å². The summed E-state index contributed by atoms with van der Waals surface area (Å²) < 4.78 is 0. The highest BCUT2D eigenvalue weighted by Crippen LogP contribution is 2.37. The van der Waals surface area contributed by atoms with Crippen molar-refractivity contribution in [2.45, 2.75) is 0 Å². The predicted molar refractivity (Wildman–Crippen MR) is 239 cm³/mol. The van der Waals surface area contributed by atoms with Gasteiger partial charge in [-0.2, -0.15) is 0 Å². The summed E-state index contributed by atoms with van der Waals surface area (Å²) in [6.45, 7) is 0. The van der Waals surface area contributed by atoms with Crippen LogP contribution in [-0.2, 0) is 0 Å². The van der Waals surface area contributed by atoms with Crippen LogP contribution in [0.2, 0.25) is 0 Å². The Balaban J connectivity index is 1.10. The van der Waals surface area contributed by atoms with Crippen LogP contribution in [0.3, 0.4) is 0 Å². The SMILES string of the molecule is c1ccc(-c2ccc(-c3cc(-c4ccccc4)nc(-c4cccc5c(-c6nc(-c7ccccc7)cc(-c7ccc(-c8ccccc8)cc7)n6)cccc45)n3)cc2)cc1. The number of aromatic nitrogens is 4. The van der Waals surface area contributed by atoms with Crippen LogP contribution in [-0.4, -0.2) is 19.9 Å². The minimum Gasteiger partial charge on any atom is -0.228 e. The van der Waals surface area contributed by atoms with Crippen LogP contribution in [0.25, 0.3) is 101 Å². The third-order valence-electron chi connectivity index (χ3n) is 10.6. The molecule has 0 radical (unpaired) electrons. The minimum absolute atomic E-state index is 0.657. The zero-order valence-corrected chi connectivity index (χ0v) is 31.6. The first kappa shape index (κ1) is 34.7. The summed E-state index contributed by atoms with van der Waals surface area (Å²) in [4.78, 5) is 20.9. The van der Waals surface area contributed by atoms with E-state index in [-0.39, 0.29) is 0 Å². The maximum absolute atomic E-state index is 5.25. The molecule has 10 rings (SSSR count). The van der Waals surface area contributed by atoms with Crippen LogP contribution in [0, 0.1) is 0 Å². The zero-order valence-electron chi connectivity index (χ0n) is 31.6. The Kier molecular flexibility index (Phi) is 9.18. The Bertz CT molecular complexity index is 2790. The van der Waals surface area contributed by atoms with Gasteiger partial charge in [-0.05, 0) is 45.2 Å². The molecule has 0 amide bonds. The molecule has 0 saturated carbocycles. The van der Waals surface area contributed by atoms with Crippen molar-refractivity contribution in [2.24, 2.45) is 0 Å². The van der Waals surface area contributed by atoms with E-state index in [2.05, 4.69) is 170 Å². The van der Waals surface area contributed by atoms with Gasteiger partial charge < -0.3 is 0 Å². The third-order valence-corrected chi connectivity index (χ3v) is 10.6. The summed E-state index contributed by atoms with van der Waals surface area (Å²) >= 11 is 0. The Morgan fingerprint density at radius 2 is 0.466 bits per heavy atom. The molecule has 8 aromatic carbocycles. The molecule has 0 N–H and O–H groups in total. The van der Waals surface area contributed by atoms with Gasteiger partial charge >= 0.3 is 0 Å². The standard InChI is InChI=1S/C54H36N4/c1-5-15-37(16-6-1)39-27-31-43(32-28-39)51-35-49(41-19-9-3-10-20-41)55-53(57-51)47-25-13-24-46-45(47)23-14-26-48(46)54-56-50(42-21-11-4-12-22-42)36-52(58-54)44-33-29-40(30-34-44)38-17-7-2-8-18-38/h1-36H. The van der Waals surface area contributed by atoms with Crippen molar-refractivity contribution in [1.29, 1.82) is 0 Å². The Labute approximate surface area is 337 Å². The predicted octanol–water partition coefficient (Wildman–Crippen LogP) is 13.8. The fourth-order valence-electron chi connectivity index (χ4n) is 7.57. The fourth-order valence-corrected chi connectivity index (χ4v) is 7.57. The van der Waals surface area contributed by atoms with E-state index in [1.807, 2.05) is 48.5 Å². The molecule has 0 bridgehead atoms. The van der Waals surface area contributed by atoms with Crippen LogP contribution in [0.15, 0.2) is 218 Å². The molecule has 0 unspecified atom stereocenters. The number of fused-ring (bicyclic) bond motifs is 1. The van der Waals surface area contributed by atoms with Crippen molar-refractivity contribution in [1.82, 2.24) is 19.9 Å². The molecule has 58 heavy (non-hydrogen) atoms. The number of nitrogens with zero attached hydrogens (tertiary/aromatic N) is 4. The molecule has 2 aromatic heterocycles. The molecule has 2 heterocycles. The summed E-state index contributed by atoms with van der Waals surface area (Å²) in [7, 11) is 0. The second-order valence-electron chi connectivity index (χ2n) is 14.2. The smallest absolute Gasteiger partial charge is 0.161 e. The summed E-state index contributed by atoms with van der Waals surface area (Å²) in [5, 5.41) is 2.05. The second kappa shape index (κ2) is 15.4. The summed E-state index contributed by atoms with van der Waals surface area (Å²) in [5.41, 5.74) is 14.1. The molecule has 272 valence electrons. The first-order chi connectivity index (χ1) is 28.7. The number of hydrogen-bond donors (Lipinski definition) is 0. The lowest BCUT2D eigenvalue weighted by Gasteiger charge is -2.14. The lowest BCUT2D eigenvalue weighted by molar-refractivity contribution is 1.18. The summed E-state index contributed by atoms with van der Waals surface area (Å²) in [6, 6.07) is 75.6. The molecule has 0 aliphatic carbocycles. The summed E-state index contributed by atoms with van der Waals surface area (Å²) in [6.07, 6.45) is 0. The van der Waals surface area contributed by atoms with Gasteiger partial charge in [0, 0.05) is 33.4 Å². The minimum atomic E-state index is 0.657. The van der Waals surface area contributed by atoms with E-state index in [0.29, 0.717) is 11.6 Å². The normalized spacial score (nSPS) is 11.1. The van der Waals surface area contributed by atoms with Gasteiger partial charge in [-0.1, -0.05) is 206 Å². The van der Waals surface area contributed by atoms with Gasteiger partial charge in [-0.3, -0.25) is 0 Å². The highest BCUT2D eigenvalue weighted by molar-refractivity contribution is 6.03. The van der Waals surface area contributed by atoms with Crippen molar-refractivity contribution in [2.75, 3.05) is 0 Å². The maximum atomic E-state index is 5.25. The topological polar surface area (TPSA) is 51.6 Å². The summed E-state index contributed by atoms with van der Waals surface area (Å²) in [5.74, 6) is 1.31. The quantitative estimate of drug-likeness (QED) is 0.156. The zero-order chi connectivity index (χ0) is 38.7. The van der Waals surface area contributed by atoms with Crippen molar-refractivity contribution >= 4 is 10.8 Å². The number of benzene rings is 8. The van der Waals surface area contributed by atoms with Gasteiger partial charge in [0.1, 0.15) is 0 Å². The first-order valence-corrected chi connectivity index (χ1v) is 19.5. The van der Waals surface area contributed by atoms with E-state index in [1.165, 1.54) is 11.1 Å². The monoisotopic (exact) mass is 740 g/mol. The highest BCUT2D eigenvalue weighted by atomic mass is 14.9. The van der Waals surface area contributed by atoms with Gasteiger partial charge in [-0.25, -0.2) is 19.9 Å². The van der Waals surface area contributed by atoms with E-state index in [0.717, 1.165) is 78.1 Å². The van der Waals surface area contributed by atoms with Crippen molar-refractivity contribution in [3.63, 3.8) is 0 Å². The van der Waals surface area contributed by atoms with Crippen molar-refractivity contribution < 1.29 is 0 Å². The average Bonchev–Trinajstić information content (AvgIpc) is 3.32. The molecule has 0 saturated heterocycles. The molecule has 4 heteroatoms. The third kappa shape index (κ3) is 6.95. The van der Waals surface area contributed by atoms with E-state index < -0.39 is 0 Å². The van der Waals surface area contributed by atoms with E-state index >= 15 is 0 Å². The lowest BCUT2D eigenvalue weighted by atomic mass is 9.97. The van der Waals surface area contributed by atoms with Crippen LogP contribution < -0.4 is 0 Å². The number of hydrogen-bond acceptors (Lipinski definition) is 4. The first-order valence-electron chi connectivity index (χ1n) is 19.5. The highest BCUT2D eigenvalue weighted by Gasteiger charge is 2.17. The van der Waals surface area contributed by atoms with Crippen LogP contribution in [0.1, 0.15) is 0 Å². The van der Waals surface area contributed by atoms with Gasteiger partial charge in [0.2, 0.25) is 0 Å². The Morgan fingerprint density at radius 1 is 0.207 bits per heavy atom.